The Bertz CT molecular complexity index is 289. The van der Waals surface area contributed by atoms with Crippen LogP contribution >= 0.6 is 0 Å². The second kappa shape index (κ2) is 3.72. The highest BCUT2D eigenvalue weighted by Gasteiger charge is 2.32. The highest BCUT2D eigenvalue weighted by molar-refractivity contribution is 5.19. The van der Waals surface area contributed by atoms with Gasteiger partial charge in [-0.05, 0) is 41.9 Å². The van der Waals surface area contributed by atoms with Crippen LogP contribution in [0.25, 0.3) is 0 Å². The largest absolute Gasteiger partial charge is 0.265 e. The minimum Gasteiger partial charge on any atom is -0.265 e. The first-order chi connectivity index (χ1) is 6.70. The molecule has 76 valence electrons. The van der Waals surface area contributed by atoms with Gasteiger partial charge in [0.05, 0.1) is 0 Å². The summed E-state index contributed by atoms with van der Waals surface area (Å²) in [6.45, 7) is 4.80. The zero-order valence-corrected chi connectivity index (χ0v) is 9.16. The van der Waals surface area contributed by atoms with Crippen molar-refractivity contribution in [2.24, 2.45) is 5.41 Å². The van der Waals surface area contributed by atoms with Crippen molar-refractivity contribution in [2.75, 3.05) is 0 Å². The molecule has 1 aromatic rings. The molecule has 1 saturated carbocycles. The van der Waals surface area contributed by atoms with Gasteiger partial charge in [-0.25, -0.2) is 0 Å². The molecule has 2 rings (SSSR count). The molecule has 1 nitrogen and oxygen atoms in total. The highest BCUT2D eigenvalue weighted by Crippen LogP contribution is 2.46. The van der Waals surface area contributed by atoms with Gasteiger partial charge in [0.25, 0.3) is 0 Å². The van der Waals surface area contributed by atoms with Crippen LogP contribution in [0.1, 0.15) is 51.0 Å². The molecular formula is C13H19N. The van der Waals surface area contributed by atoms with E-state index in [4.69, 9.17) is 0 Å². The number of hydrogen-bond donors (Lipinski definition) is 0. The number of aromatic nitrogens is 1. The molecule has 0 bridgehead atoms. The Morgan fingerprint density at radius 1 is 1.21 bits per heavy atom. The maximum Gasteiger partial charge on any atom is 0.0270 e. The van der Waals surface area contributed by atoms with Gasteiger partial charge in [0.15, 0.2) is 0 Å². The zero-order valence-electron chi connectivity index (χ0n) is 9.16. The van der Waals surface area contributed by atoms with Crippen molar-refractivity contribution in [3.63, 3.8) is 0 Å². The Morgan fingerprint density at radius 3 is 2.57 bits per heavy atom. The molecule has 0 aromatic carbocycles. The Labute approximate surface area is 86.6 Å². The van der Waals surface area contributed by atoms with Gasteiger partial charge in [-0.1, -0.05) is 26.7 Å². The molecular weight excluding hydrogens is 170 g/mol. The molecule has 1 aliphatic carbocycles. The zero-order chi connectivity index (χ0) is 10.0. The summed E-state index contributed by atoms with van der Waals surface area (Å²) in [7, 11) is 0. The van der Waals surface area contributed by atoms with E-state index in [2.05, 4.69) is 31.0 Å². The third-order valence-corrected chi connectivity index (χ3v) is 3.62. The molecule has 1 heterocycles. The van der Waals surface area contributed by atoms with Crippen LogP contribution in [-0.4, -0.2) is 4.98 Å². The number of pyridine rings is 1. The molecule has 14 heavy (non-hydrogen) atoms. The van der Waals surface area contributed by atoms with Crippen molar-refractivity contribution in [3.8, 4) is 0 Å². The minimum absolute atomic E-state index is 0.472. The lowest BCUT2D eigenvalue weighted by atomic mass is 9.66. The van der Waals surface area contributed by atoms with Crippen molar-refractivity contribution in [1.82, 2.24) is 4.98 Å². The molecule has 0 saturated heterocycles. The van der Waals surface area contributed by atoms with Crippen LogP contribution in [0.3, 0.4) is 0 Å². The van der Waals surface area contributed by atoms with E-state index in [0.29, 0.717) is 5.41 Å². The monoisotopic (exact) mass is 189 g/mol. The van der Waals surface area contributed by atoms with Gasteiger partial charge < -0.3 is 0 Å². The molecule has 1 atom stereocenters. The van der Waals surface area contributed by atoms with Gasteiger partial charge in [-0.3, -0.25) is 4.98 Å². The minimum atomic E-state index is 0.472. The summed E-state index contributed by atoms with van der Waals surface area (Å²) in [6, 6.07) is 4.36. The lowest BCUT2D eigenvalue weighted by Crippen LogP contribution is -2.25. The predicted octanol–water partition coefficient (Wildman–Crippen LogP) is 3.77. The Hall–Kier alpha value is -0.850. The van der Waals surface area contributed by atoms with Gasteiger partial charge in [0.2, 0.25) is 0 Å². The molecule has 0 aliphatic heterocycles. The molecule has 1 aromatic heterocycles. The van der Waals surface area contributed by atoms with Crippen molar-refractivity contribution in [2.45, 2.75) is 45.4 Å². The molecule has 0 N–H and O–H groups in total. The van der Waals surface area contributed by atoms with Gasteiger partial charge in [0.1, 0.15) is 0 Å². The number of rotatable bonds is 1. The molecule has 0 spiro atoms. The number of hydrogen-bond acceptors (Lipinski definition) is 1. The van der Waals surface area contributed by atoms with Crippen LogP contribution in [0.4, 0.5) is 0 Å². The van der Waals surface area contributed by atoms with E-state index in [1.54, 1.807) is 0 Å². The van der Waals surface area contributed by atoms with Crippen LogP contribution < -0.4 is 0 Å². The van der Waals surface area contributed by atoms with Crippen molar-refractivity contribution >= 4 is 0 Å². The Morgan fingerprint density at radius 2 is 1.93 bits per heavy atom. The molecule has 0 amide bonds. The summed E-state index contributed by atoms with van der Waals surface area (Å²) in [4.78, 5) is 4.09. The van der Waals surface area contributed by atoms with E-state index in [0.717, 1.165) is 5.92 Å². The lowest BCUT2D eigenvalue weighted by Gasteiger charge is -2.39. The summed E-state index contributed by atoms with van der Waals surface area (Å²) < 4.78 is 0. The standard InChI is InChI=1S/C13H19N/c1-13(2)8-4-3-5-12(13)11-6-9-14-10-7-11/h6-7,9-10,12H,3-5,8H2,1-2H3. The fraction of sp³-hybridized carbons (Fsp3) is 0.615. The lowest BCUT2D eigenvalue weighted by molar-refractivity contribution is 0.199. The third kappa shape index (κ3) is 1.82. The second-order valence-electron chi connectivity index (χ2n) is 5.07. The van der Waals surface area contributed by atoms with Gasteiger partial charge >= 0.3 is 0 Å². The van der Waals surface area contributed by atoms with E-state index in [1.807, 2.05) is 12.4 Å². The predicted molar refractivity (Wildman–Crippen MR) is 59.2 cm³/mol. The maximum atomic E-state index is 4.09. The SMILES string of the molecule is CC1(C)CCCCC1c1ccncc1. The fourth-order valence-electron chi connectivity index (χ4n) is 2.71. The summed E-state index contributed by atoms with van der Waals surface area (Å²) in [5.74, 6) is 0.735. The topological polar surface area (TPSA) is 12.9 Å². The molecule has 1 unspecified atom stereocenters. The van der Waals surface area contributed by atoms with Crippen molar-refractivity contribution in [3.05, 3.63) is 30.1 Å². The summed E-state index contributed by atoms with van der Waals surface area (Å²) in [5, 5.41) is 0. The Kier molecular flexibility index (Phi) is 2.58. The molecule has 1 fully saturated rings. The summed E-state index contributed by atoms with van der Waals surface area (Å²) in [6.07, 6.45) is 9.32. The van der Waals surface area contributed by atoms with Crippen LogP contribution in [0.5, 0.6) is 0 Å². The van der Waals surface area contributed by atoms with E-state index in [-0.39, 0.29) is 0 Å². The van der Waals surface area contributed by atoms with E-state index >= 15 is 0 Å². The first-order valence-electron chi connectivity index (χ1n) is 5.60. The van der Waals surface area contributed by atoms with E-state index in [1.165, 1.54) is 31.2 Å². The van der Waals surface area contributed by atoms with Gasteiger partial charge in [-0.2, -0.15) is 0 Å². The highest BCUT2D eigenvalue weighted by atomic mass is 14.6. The second-order valence-corrected chi connectivity index (χ2v) is 5.07. The van der Waals surface area contributed by atoms with Crippen LogP contribution in [0.15, 0.2) is 24.5 Å². The van der Waals surface area contributed by atoms with Crippen molar-refractivity contribution < 1.29 is 0 Å². The van der Waals surface area contributed by atoms with Crippen LogP contribution in [0, 0.1) is 5.41 Å². The average molecular weight is 189 g/mol. The summed E-state index contributed by atoms with van der Waals surface area (Å²) in [5.41, 5.74) is 1.95. The van der Waals surface area contributed by atoms with Crippen molar-refractivity contribution in [1.29, 1.82) is 0 Å². The third-order valence-electron chi connectivity index (χ3n) is 3.62. The smallest absolute Gasteiger partial charge is 0.0270 e. The normalized spacial score (nSPS) is 26.0. The van der Waals surface area contributed by atoms with E-state index < -0.39 is 0 Å². The molecule has 0 radical (unpaired) electrons. The maximum absolute atomic E-state index is 4.09. The van der Waals surface area contributed by atoms with Gasteiger partial charge in [-0.15, -0.1) is 0 Å². The fourth-order valence-corrected chi connectivity index (χ4v) is 2.71. The van der Waals surface area contributed by atoms with Gasteiger partial charge in [0, 0.05) is 12.4 Å². The quantitative estimate of drug-likeness (QED) is 0.655. The Balaban J connectivity index is 2.24. The first-order valence-corrected chi connectivity index (χ1v) is 5.60. The molecule has 1 heteroatoms. The van der Waals surface area contributed by atoms with E-state index in [9.17, 15) is 0 Å². The van der Waals surface area contributed by atoms with Crippen LogP contribution in [-0.2, 0) is 0 Å². The molecule has 1 aliphatic rings. The number of nitrogens with zero attached hydrogens (tertiary/aromatic N) is 1. The average Bonchev–Trinajstić information content (AvgIpc) is 2.18. The first kappa shape index (κ1) is 9.70. The van der Waals surface area contributed by atoms with Crippen LogP contribution in [0.2, 0.25) is 0 Å². The summed E-state index contributed by atoms with van der Waals surface area (Å²) >= 11 is 0.